The van der Waals surface area contributed by atoms with Gasteiger partial charge in [0, 0.05) is 13.2 Å². The molecule has 3 N–H and O–H groups in total. The average Bonchev–Trinajstić information content (AvgIpc) is 3.04. The maximum Gasteiger partial charge on any atom is 0.337 e. The molecular weight excluding hydrogens is 397 g/mol. The Kier molecular flexibility index (Phi) is 8.18. The van der Waals surface area contributed by atoms with Gasteiger partial charge in [-0.05, 0) is 30.5 Å². The van der Waals surface area contributed by atoms with Crippen LogP contribution in [0.1, 0.15) is 28.8 Å². The molecule has 0 aliphatic carbocycles. The Morgan fingerprint density at radius 1 is 1.55 bits per heavy atom. The molecule has 0 spiro atoms. The van der Waals surface area contributed by atoms with Gasteiger partial charge in [0.2, 0.25) is 0 Å². The van der Waals surface area contributed by atoms with Gasteiger partial charge in [-0.15, -0.1) is 24.0 Å². The second kappa shape index (κ2) is 9.62. The first-order valence-electron chi connectivity index (χ1n) is 7.01. The summed E-state index contributed by atoms with van der Waals surface area (Å²) >= 11 is 0. The Labute approximate surface area is 147 Å². The summed E-state index contributed by atoms with van der Waals surface area (Å²) in [4.78, 5) is 15.7. The van der Waals surface area contributed by atoms with E-state index in [-0.39, 0.29) is 36.0 Å². The molecule has 22 heavy (non-hydrogen) atoms. The topological polar surface area (TPSA) is 85.9 Å². The molecule has 1 fully saturated rings. The van der Waals surface area contributed by atoms with Crippen molar-refractivity contribution >= 4 is 35.9 Å². The smallest absolute Gasteiger partial charge is 0.337 e. The van der Waals surface area contributed by atoms with Crippen molar-refractivity contribution in [2.45, 2.75) is 25.5 Å². The predicted octanol–water partition coefficient (Wildman–Crippen LogP) is 1.67. The number of carbonyl (C=O) groups excluding carboxylic acids is 1. The first-order valence-corrected chi connectivity index (χ1v) is 7.01. The van der Waals surface area contributed by atoms with Crippen molar-refractivity contribution in [3.8, 4) is 0 Å². The van der Waals surface area contributed by atoms with Crippen molar-refractivity contribution < 1.29 is 14.3 Å². The van der Waals surface area contributed by atoms with E-state index in [2.05, 4.69) is 15.0 Å². The number of ether oxygens (including phenoxy) is 2. The van der Waals surface area contributed by atoms with Gasteiger partial charge in [0.25, 0.3) is 0 Å². The van der Waals surface area contributed by atoms with Crippen LogP contribution in [0.25, 0.3) is 0 Å². The number of hydrogen-bond acceptors (Lipinski definition) is 4. The molecule has 1 aromatic rings. The van der Waals surface area contributed by atoms with Gasteiger partial charge in [0.1, 0.15) is 0 Å². The number of rotatable bonds is 5. The zero-order chi connectivity index (χ0) is 15.1. The molecule has 1 atom stereocenters. The molecule has 6 nitrogen and oxygen atoms in total. The fraction of sp³-hybridized carbons (Fsp3) is 0.467. The molecule has 2 rings (SSSR count). The molecule has 0 aromatic heterocycles. The van der Waals surface area contributed by atoms with Gasteiger partial charge in [0.15, 0.2) is 5.96 Å². The third kappa shape index (κ3) is 5.80. The number of carbonyl (C=O) groups is 1. The van der Waals surface area contributed by atoms with E-state index in [0.29, 0.717) is 24.6 Å². The van der Waals surface area contributed by atoms with Crippen LogP contribution in [-0.2, 0) is 16.0 Å². The number of benzene rings is 1. The van der Waals surface area contributed by atoms with Crippen molar-refractivity contribution in [2.75, 3.05) is 20.3 Å². The van der Waals surface area contributed by atoms with E-state index in [9.17, 15) is 4.79 Å². The number of nitrogens with one attached hydrogen (secondary N) is 1. The van der Waals surface area contributed by atoms with Gasteiger partial charge >= 0.3 is 5.97 Å². The Hall–Kier alpha value is -1.35. The van der Waals surface area contributed by atoms with Crippen molar-refractivity contribution in [1.82, 2.24) is 5.32 Å². The van der Waals surface area contributed by atoms with Crippen molar-refractivity contribution in [3.05, 3.63) is 35.4 Å². The van der Waals surface area contributed by atoms with Gasteiger partial charge in [0.05, 0.1) is 25.3 Å². The first-order chi connectivity index (χ1) is 10.2. The molecule has 122 valence electrons. The van der Waals surface area contributed by atoms with Crippen molar-refractivity contribution in [2.24, 2.45) is 10.7 Å². The molecule has 1 unspecified atom stereocenters. The van der Waals surface area contributed by atoms with Crippen LogP contribution in [0.2, 0.25) is 0 Å². The predicted molar refractivity (Wildman–Crippen MR) is 95.5 cm³/mol. The minimum Gasteiger partial charge on any atom is -0.465 e. The summed E-state index contributed by atoms with van der Waals surface area (Å²) < 4.78 is 10.2. The van der Waals surface area contributed by atoms with Gasteiger partial charge in [-0.3, -0.25) is 0 Å². The number of hydrogen-bond donors (Lipinski definition) is 2. The first kappa shape index (κ1) is 18.7. The van der Waals surface area contributed by atoms with Crippen molar-refractivity contribution in [3.63, 3.8) is 0 Å². The number of methoxy groups -OCH3 is 1. The Balaban J connectivity index is 0.00000242. The molecule has 1 saturated heterocycles. The summed E-state index contributed by atoms with van der Waals surface area (Å²) in [5, 5.41) is 3.05. The van der Waals surface area contributed by atoms with Gasteiger partial charge < -0.3 is 20.5 Å². The van der Waals surface area contributed by atoms with E-state index in [1.807, 2.05) is 6.07 Å². The molecule has 0 bridgehead atoms. The Bertz CT molecular complexity index is 517. The van der Waals surface area contributed by atoms with Crippen molar-refractivity contribution in [1.29, 1.82) is 0 Å². The van der Waals surface area contributed by atoms with E-state index in [1.54, 1.807) is 18.2 Å². The standard InChI is InChI=1S/C15H21N3O3.HI/c1-20-14(19)12-5-2-4-11(8-12)9-17-15(16)18-10-13-6-3-7-21-13;/h2,4-5,8,13H,3,6-7,9-10H2,1H3,(H3,16,17,18);1H. The van der Waals surface area contributed by atoms with Crippen LogP contribution in [0.3, 0.4) is 0 Å². The second-order valence-corrected chi connectivity index (χ2v) is 4.91. The number of esters is 1. The van der Waals surface area contributed by atoms with Crippen LogP contribution in [0.4, 0.5) is 0 Å². The lowest BCUT2D eigenvalue weighted by Crippen LogP contribution is -2.37. The summed E-state index contributed by atoms with van der Waals surface area (Å²) in [6.07, 6.45) is 2.38. The largest absolute Gasteiger partial charge is 0.465 e. The zero-order valence-electron chi connectivity index (χ0n) is 12.6. The summed E-state index contributed by atoms with van der Waals surface area (Å²) in [5.74, 6) is 0.0271. The SMILES string of the molecule is COC(=O)c1cccc(CN=C(N)NCC2CCCO2)c1.I. The maximum absolute atomic E-state index is 11.4. The minimum atomic E-state index is -0.356. The highest BCUT2D eigenvalue weighted by Gasteiger charge is 2.14. The van der Waals surface area contributed by atoms with Crippen LogP contribution in [0, 0.1) is 0 Å². The molecule has 7 heteroatoms. The summed E-state index contributed by atoms with van der Waals surface area (Å²) in [6.45, 7) is 1.91. The quantitative estimate of drug-likeness (QED) is 0.328. The summed E-state index contributed by atoms with van der Waals surface area (Å²) in [6, 6.07) is 7.15. The normalized spacial score (nSPS) is 17.7. The second-order valence-electron chi connectivity index (χ2n) is 4.91. The molecule has 1 aliphatic rings. The molecule has 1 aromatic carbocycles. The van der Waals surface area contributed by atoms with Gasteiger partial charge in [-0.1, -0.05) is 12.1 Å². The lowest BCUT2D eigenvalue weighted by atomic mass is 10.1. The van der Waals surface area contributed by atoms with Crippen LogP contribution in [0.15, 0.2) is 29.3 Å². The maximum atomic E-state index is 11.4. The number of guanidine groups is 1. The van der Waals surface area contributed by atoms with Crippen LogP contribution >= 0.6 is 24.0 Å². The highest BCUT2D eigenvalue weighted by molar-refractivity contribution is 14.0. The zero-order valence-corrected chi connectivity index (χ0v) is 14.9. The lowest BCUT2D eigenvalue weighted by molar-refractivity contribution is 0.0600. The van der Waals surface area contributed by atoms with E-state index in [4.69, 9.17) is 10.5 Å². The fourth-order valence-electron chi connectivity index (χ4n) is 2.17. The van der Waals surface area contributed by atoms with E-state index in [0.717, 1.165) is 25.0 Å². The molecule has 1 heterocycles. The number of nitrogens with zero attached hydrogens (tertiary/aromatic N) is 1. The Morgan fingerprint density at radius 3 is 3.05 bits per heavy atom. The monoisotopic (exact) mass is 419 g/mol. The lowest BCUT2D eigenvalue weighted by Gasteiger charge is -2.11. The summed E-state index contributed by atoms with van der Waals surface area (Å²) in [7, 11) is 1.36. The minimum absolute atomic E-state index is 0. The molecule has 0 radical (unpaired) electrons. The fourth-order valence-corrected chi connectivity index (χ4v) is 2.17. The molecule has 1 aliphatic heterocycles. The highest BCUT2D eigenvalue weighted by atomic mass is 127. The molecule has 0 saturated carbocycles. The van der Waals surface area contributed by atoms with Crippen LogP contribution in [-0.4, -0.2) is 38.3 Å². The third-order valence-electron chi connectivity index (χ3n) is 3.31. The van der Waals surface area contributed by atoms with E-state index in [1.165, 1.54) is 7.11 Å². The third-order valence-corrected chi connectivity index (χ3v) is 3.31. The molecule has 0 amide bonds. The van der Waals surface area contributed by atoms with Gasteiger partial charge in [-0.2, -0.15) is 0 Å². The van der Waals surface area contributed by atoms with Gasteiger partial charge in [-0.25, -0.2) is 9.79 Å². The van der Waals surface area contributed by atoms with E-state index >= 15 is 0 Å². The number of halogens is 1. The number of aliphatic imine (C=N–C) groups is 1. The van der Waals surface area contributed by atoms with Crippen LogP contribution in [0.5, 0.6) is 0 Å². The average molecular weight is 419 g/mol. The Morgan fingerprint density at radius 2 is 2.36 bits per heavy atom. The summed E-state index contributed by atoms with van der Waals surface area (Å²) in [5.41, 5.74) is 7.23. The molecular formula is C15H22IN3O3. The van der Waals surface area contributed by atoms with Crippen LogP contribution < -0.4 is 11.1 Å². The van der Waals surface area contributed by atoms with E-state index < -0.39 is 0 Å². The highest BCUT2D eigenvalue weighted by Crippen LogP contribution is 2.10. The number of nitrogens with two attached hydrogens (primary N) is 1.